The molecule has 1 saturated carbocycles. The van der Waals surface area contributed by atoms with Crippen LogP contribution in [0.25, 0.3) is 0 Å². The number of carbonyl (C=O) groups is 1. The van der Waals surface area contributed by atoms with Gasteiger partial charge in [0.2, 0.25) is 0 Å². The maximum atomic E-state index is 14.1. The van der Waals surface area contributed by atoms with Crippen molar-refractivity contribution >= 4 is 39.2 Å². The molecule has 3 aromatic carbocycles. The van der Waals surface area contributed by atoms with Crippen LogP contribution in [0.4, 0.5) is 18.9 Å². The smallest absolute Gasteiger partial charge is 0.255 e. The van der Waals surface area contributed by atoms with E-state index in [0.717, 1.165) is 11.6 Å². The molecule has 1 aliphatic carbocycles. The van der Waals surface area contributed by atoms with Crippen LogP contribution in [0.3, 0.4) is 0 Å². The van der Waals surface area contributed by atoms with Crippen molar-refractivity contribution in [3.8, 4) is 5.75 Å². The first kappa shape index (κ1) is 34.3. The first-order chi connectivity index (χ1) is 21.3. The van der Waals surface area contributed by atoms with Crippen molar-refractivity contribution in [3.63, 3.8) is 0 Å². The molecule has 0 spiro atoms. The first-order valence-corrected chi connectivity index (χ1v) is 16.2. The average Bonchev–Trinajstić information content (AvgIpc) is 3.38. The van der Waals surface area contributed by atoms with Gasteiger partial charge < -0.3 is 20.0 Å². The highest BCUT2D eigenvalue weighted by Gasteiger charge is 2.46. The summed E-state index contributed by atoms with van der Waals surface area (Å²) in [5.41, 5.74) is -1.10. The fourth-order valence-electron chi connectivity index (χ4n) is 5.60. The number of benzene rings is 3. The number of nitrogens with one attached hydrogen (secondary N) is 1. The Bertz CT molecular complexity index is 1650. The maximum Gasteiger partial charge on any atom is 0.255 e. The van der Waals surface area contributed by atoms with Crippen molar-refractivity contribution in [1.82, 2.24) is 0 Å². The minimum absolute atomic E-state index is 0.0899. The highest BCUT2D eigenvalue weighted by molar-refractivity contribution is 7.92. The lowest BCUT2D eigenvalue weighted by atomic mass is 9.87. The van der Waals surface area contributed by atoms with E-state index >= 15 is 0 Å². The number of halogens is 4. The van der Waals surface area contributed by atoms with Crippen LogP contribution in [-0.4, -0.2) is 43.6 Å². The third-order valence-corrected chi connectivity index (χ3v) is 11.1. The number of methoxy groups -OCH3 is 1. The van der Waals surface area contributed by atoms with E-state index in [4.69, 9.17) is 21.2 Å². The summed E-state index contributed by atoms with van der Waals surface area (Å²) < 4.78 is 73.9. The second-order valence-corrected chi connectivity index (χ2v) is 13.7. The molecular weight excluding hydrogens is 633 g/mol. The van der Waals surface area contributed by atoms with Crippen LogP contribution in [0.15, 0.2) is 64.6 Å². The first-order valence-electron chi connectivity index (χ1n) is 14.3. The molecule has 8 nitrogen and oxygen atoms in total. The van der Waals surface area contributed by atoms with Gasteiger partial charge in [0.1, 0.15) is 18.0 Å². The lowest BCUT2D eigenvalue weighted by Gasteiger charge is -2.30. The number of nitrogens with zero attached hydrogens (tertiary/aromatic N) is 1. The van der Waals surface area contributed by atoms with Gasteiger partial charge in [0.25, 0.3) is 5.91 Å². The van der Waals surface area contributed by atoms with Crippen molar-refractivity contribution < 1.29 is 41.1 Å². The molecule has 2 unspecified atom stereocenters. The van der Waals surface area contributed by atoms with E-state index in [2.05, 4.69) is 10.5 Å². The van der Waals surface area contributed by atoms with Gasteiger partial charge in [-0.2, -0.15) is 0 Å². The molecule has 0 bridgehead atoms. The summed E-state index contributed by atoms with van der Waals surface area (Å²) in [5, 5.41) is 16.5. The van der Waals surface area contributed by atoms with E-state index in [1.165, 1.54) is 18.3 Å². The van der Waals surface area contributed by atoms with Crippen molar-refractivity contribution in [2.45, 2.75) is 61.9 Å². The molecule has 4 atom stereocenters. The Morgan fingerprint density at radius 1 is 1.11 bits per heavy atom. The second kappa shape index (κ2) is 14.2. The number of anilines is 1. The molecule has 242 valence electrons. The zero-order chi connectivity index (χ0) is 32.9. The Balaban J connectivity index is 1.51. The highest BCUT2D eigenvalue weighted by atomic mass is 35.5. The van der Waals surface area contributed by atoms with E-state index in [0.29, 0.717) is 30.7 Å². The topological polar surface area (TPSA) is 114 Å². The number of hydrogen-bond donors (Lipinski definition) is 2. The predicted molar refractivity (Wildman–Crippen MR) is 165 cm³/mol. The molecule has 3 aromatic rings. The molecule has 0 heterocycles. The molecule has 45 heavy (non-hydrogen) atoms. The Labute approximate surface area is 265 Å². The van der Waals surface area contributed by atoms with E-state index in [1.807, 2.05) is 12.1 Å². The Hall–Kier alpha value is -3.61. The predicted octanol–water partition coefficient (Wildman–Crippen LogP) is 6.94. The van der Waals surface area contributed by atoms with Crippen LogP contribution in [0, 0.1) is 29.3 Å². The standard InChI is InChI=1S/C32H34ClF3N2O6S/c1-4-32(40,18-37-44-17-20-6-10-24(43-3)11-7-20)16-22-8-5-19(2)30(22)45(41,42)28-13-21(9-12-25(28)33)31(39)38-23-14-26(34)29(36)27(35)15-23/h6-7,9-15,18-19,22,30,40H,4-5,8,16-17H2,1-3H3,(H,38,39)/b37-18+/t19?,22-,30?,32-/m0/s1. The van der Waals surface area contributed by atoms with Crippen LogP contribution in [0.1, 0.15) is 55.5 Å². The van der Waals surface area contributed by atoms with Gasteiger partial charge in [-0.25, -0.2) is 21.6 Å². The number of sulfone groups is 1. The summed E-state index contributed by atoms with van der Waals surface area (Å²) in [5.74, 6) is -5.61. The van der Waals surface area contributed by atoms with Crippen LogP contribution >= 0.6 is 11.6 Å². The third-order valence-electron chi connectivity index (χ3n) is 8.10. The van der Waals surface area contributed by atoms with Gasteiger partial charge in [0.05, 0.1) is 28.5 Å². The van der Waals surface area contributed by atoms with E-state index < -0.39 is 50.0 Å². The Morgan fingerprint density at radius 2 is 1.78 bits per heavy atom. The van der Waals surface area contributed by atoms with Gasteiger partial charge in [-0.1, -0.05) is 42.7 Å². The molecule has 1 amide bonds. The van der Waals surface area contributed by atoms with E-state index in [9.17, 15) is 31.5 Å². The lowest BCUT2D eigenvalue weighted by molar-refractivity contribution is 0.0728. The van der Waals surface area contributed by atoms with Crippen LogP contribution in [-0.2, 0) is 21.3 Å². The second-order valence-electron chi connectivity index (χ2n) is 11.2. The number of amides is 1. The van der Waals surface area contributed by atoms with Crippen molar-refractivity contribution in [3.05, 3.63) is 88.2 Å². The molecule has 0 saturated heterocycles. The highest BCUT2D eigenvalue weighted by Crippen LogP contribution is 2.44. The number of oxime groups is 1. The molecule has 0 radical (unpaired) electrons. The molecule has 1 aliphatic rings. The van der Waals surface area contributed by atoms with Crippen LogP contribution < -0.4 is 10.1 Å². The zero-order valence-electron chi connectivity index (χ0n) is 24.9. The zero-order valence-corrected chi connectivity index (χ0v) is 26.5. The van der Waals surface area contributed by atoms with Gasteiger partial charge >= 0.3 is 0 Å². The summed E-state index contributed by atoms with van der Waals surface area (Å²) in [6.45, 7) is 3.72. The van der Waals surface area contributed by atoms with Crippen molar-refractivity contribution in [2.24, 2.45) is 17.0 Å². The van der Waals surface area contributed by atoms with Crippen molar-refractivity contribution in [2.75, 3.05) is 12.4 Å². The van der Waals surface area contributed by atoms with E-state index in [-0.39, 0.29) is 46.5 Å². The minimum Gasteiger partial charge on any atom is -0.497 e. The Morgan fingerprint density at radius 3 is 2.40 bits per heavy atom. The van der Waals surface area contributed by atoms with Gasteiger partial charge in [0.15, 0.2) is 27.3 Å². The number of rotatable bonds is 12. The fourth-order valence-corrected chi connectivity index (χ4v) is 8.45. The molecule has 1 fully saturated rings. The number of carbonyl (C=O) groups excluding carboxylic acids is 1. The average molecular weight is 667 g/mol. The largest absolute Gasteiger partial charge is 0.497 e. The van der Waals surface area contributed by atoms with Gasteiger partial charge in [-0.05, 0) is 73.4 Å². The summed E-state index contributed by atoms with van der Waals surface area (Å²) in [6.07, 6.45) is 2.74. The monoisotopic (exact) mass is 666 g/mol. The normalized spacial score (nSPS) is 19.8. The van der Waals surface area contributed by atoms with Gasteiger partial charge in [0, 0.05) is 23.4 Å². The van der Waals surface area contributed by atoms with Crippen molar-refractivity contribution in [1.29, 1.82) is 0 Å². The SMILES string of the molecule is CC[C@@](O)(/C=N/OCc1ccc(OC)cc1)C[C@@H]1CCC(C)C1S(=O)(=O)c1cc(C(=O)Nc2cc(F)c(F)c(F)c2)ccc1Cl. The summed E-state index contributed by atoms with van der Waals surface area (Å²) in [7, 11) is -2.57. The number of aliphatic hydroxyl groups is 1. The molecule has 0 aliphatic heterocycles. The minimum atomic E-state index is -4.14. The fraction of sp³-hybridized carbons (Fsp3) is 0.375. The number of ether oxygens (including phenoxy) is 1. The van der Waals surface area contributed by atoms with Gasteiger partial charge in [-0.3, -0.25) is 4.79 Å². The summed E-state index contributed by atoms with van der Waals surface area (Å²) in [4.78, 5) is 18.0. The molecule has 2 N–H and O–H groups in total. The quantitative estimate of drug-likeness (QED) is 0.123. The number of hydrogen-bond acceptors (Lipinski definition) is 7. The molecule has 0 aromatic heterocycles. The molecule has 13 heteroatoms. The maximum absolute atomic E-state index is 14.1. The summed E-state index contributed by atoms with van der Waals surface area (Å²) >= 11 is 6.34. The van der Waals surface area contributed by atoms with Gasteiger partial charge in [-0.15, -0.1) is 0 Å². The molecular formula is C32H34ClF3N2O6S. The molecule has 4 rings (SSSR count). The Kier molecular flexibility index (Phi) is 10.8. The lowest BCUT2D eigenvalue weighted by Crippen LogP contribution is -2.38. The third kappa shape index (κ3) is 7.98. The van der Waals surface area contributed by atoms with Crippen LogP contribution in [0.2, 0.25) is 5.02 Å². The summed E-state index contributed by atoms with van der Waals surface area (Å²) in [6, 6.07) is 12.0. The van der Waals surface area contributed by atoms with Crippen LogP contribution in [0.5, 0.6) is 5.75 Å². The van der Waals surface area contributed by atoms with E-state index in [1.54, 1.807) is 33.1 Å².